The minimum Gasteiger partial charge on any atom is -0.470 e. The number of nitrogens with zero attached hydrogens (tertiary/aromatic N) is 4. The lowest BCUT2D eigenvalue weighted by Crippen LogP contribution is -2.38. The number of hydrogen-bond donors (Lipinski definition) is 1. The van der Waals surface area contributed by atoms with Gasteiger partial charge in [-0.3, -0.25) is 9.48 Å². The number of carbonyl (C=O) groups is 1. The Kier molecular flexibility index (Phi) is 8.23. The van der Waals surface area contributed by atoms with Crippen LogP contribution in [-0.4, -0.2) is 64.0 Å². The molecule has 1 aromatic carbocycles. The molecule has 2 aliphatic rings. The zero-order valence-corrected chi connectivity index (χ0v) is 22.4. The minimum absolute atomic E-state index is 0.0217. The molecule has 3 aromatic rings. The van der Waals surface area contributed by atoms with E-state index in [9.17, 15) is 18.0 Å². The quantitative estimate of drug-likeness (QED) is 0.421. The maximum absolute atomic E-state index is 13.0. The fourth-order valence-corrected chi connectivity index (χ4v) is 6.48. The Morgan fingerprint density at radius 3 is 2.76 bits per heavy atom. The van der Waals surface area contributed by atoms with Crippen molar-refractivity contribution in [2.75, 3.05) is 26.2 Å². The van der Waals surface area contributed by atoms with E-state index in [4.69, 9.17) is 4.74 Å². The minimum atomic E-state index is -4.21. The second-order valence-electron chi connectivity index (χ2n) is 10.4. The molecule has 1 N–H and O–H groups in total. The van der Waals surface area contributed by atoms with Gasteiger partial charge in [0.15, 0.2) is 0 Å². The summed E-state index contributed by atoms with van der Waals surface area (Å²) < 4.78 is 44.0. The van der Waals surface area contributed by atoms with Crippen molar-refractivity contribution < 1.29 is 22.7 Å². The molecule has 1 amide bonds. The number of amides is 1. The molecular formula is C27H34F3N5O2S. The molecule has 1 aliphatic heterocycles. The summed E-state index contributed by atoms with van der Waals surface area (Å²) in [6, 6.07) is 5.87. The summed E-state index contributed by atoms with van der Waals surface area (Å²) in [7, 11) is 1.86. The lowest BCUT2D eigenvalue weighted by atomic mass is 9.84. The Bertz CT molecular complexity index is 1220. The first kappa shape index (κ1) is 26.9. The molecule has 11 heteroatoms. The number of rotatable bonds is 8. The van der Waals surface area contributed by atoms with Crippen LogP contribution >= 0.6 is 11.3 Å². The third kappa shape index (κ3) is 6.85. The first-order valence-corrected chi connectivity index (χ1v) is 14.2. The molecule has 0 radical (unpaired) electrons. The molecular weight excluding hydrogens is 515 g/mol. The normalized spacial score (nSPS) is 20.7. The van der Waals surface area contributed by atoms with Gasteiger partial charge in [0.25, 0.3) is 11.1 Å². The van der Waals surface area contributed by atoms with Crippen molar-refractivity contribution in [3.63, 3.8) is 0 Å². The van der Waals surface area contributed by atoms with E-state index in [1.54, 1.807) is 4.68 Å². The van der Waals surface area contributed by atoms with Crippen LogP contribution in [0.15, 0.2) is 24.4 Å². The van der Waals surface area contributed by atoms with E-state index in [1.165, 1.54) is 11.3 Å². The van der Waals surface area contributed by atoms with Crippen LogP contribution in [0.1, 0.15) is 59.5 Å². The predicted octanol–water partition coefficient (Wildman–Crippen LogP) is 5.14. The Morgan fingerprint density at radius 2 is 1.97 bits per heavy atom. The van der Waals surface area contributed by atoms with E-state index in [0.29, 0.717) is 16.7 Å². The first-order valence-electron chi connectivity index (χ1n) is 13.4. The number of nitrogens with one attached hydrogen (secondary N) is 1. The number of aromatic nitrogens is 3. The average molecular weight is 550 g/mol. The van der Waals surface area contributed by atoms with Gasteiger partial charge in [-0.25, -0.2) is 4.98 Å². The standard InChI is InChI=1S/C27H34F3N5O2S/c1-34-17-21-20(3-2-4-22(21)33-34)25(36)31-19-7-5-18(6-8-19)9-13-35-14-10-23-24(11-15-35)38-26(32-23)37-16-12-27(28,29)30/h2-4,17-19H,5-16H2,1H3,(H,31,36). The van der Waals surface area contributed by atoms with E-state index < -0.39 is 12.6 Å². The molecule has 0 atom stereocenters. The van der Waals surface area contributed by atoms with Gasteiger partial charge in [-0.2, -0.15) is 18.3 Å². The van der Waals surface area contributed by atoms with E-state index >= 15 is 0 Å². The monoisotopic (exact) mass is 549 g/mol. The highest BCUT2D eigenvalue weighted by Crippen LogP contribution is 2.31. The van der Waals surface area contributed by atoms with E-state index in [0.717, 1.165) is 86.1 Å². The fourth-order valence-electron chi connectivity index (χ4n) is 5.51. The molecule has 38 heavy (non-hydrogen) atoms. The summed E-state index contributed by atoms with van der Waals surface area (Å²) >= 11 is 1.39. The van der Waals surface area contributed by atoms with Crippen LogP contribution in [-0.2, 0) is 19.9 Å². The Morgan fingerprint density at radius 1 is 1.18 bits per heavy atom. The van der Waals surface area contributed by atoms with Crippen molar-refractivity contribution in [1.82, 2.24) is 25.0 Å². The van der Waals surface area contributed by atoms with Crippen LogP contribution in [0.3, 0.4) is 0 Å². The molecule has 5 rings (SSSR count). The fraction of sp³-hybridized carbons (Fsp3) is 0.593. The van der Waals surface area contributed by atoms with Crippen LogP contribution in [0.5, 0.6) is 5.19 Å². The van der Waals surface area contributed by atoms with Crippen LogP contribution in [0, 0.1) is 5.92 Å². The maximum Gasteiger partial charge on any atom is 0.392 e. The van der Waals surface area contributed by atoms with Gasteiger partial charge in [0, 0.05) is 49.1 Å². The number of alkyl halides is 3. The number of carbonyl (C=O) groups excluding carboxylic acids is 1. The first-order chi connectivity index (χ1) is 18.2. The Balaban J connectivity index is 1.03. The van der Waals surface area contributed by atoms with Crippen LogP contribution in [0.4, 0.5) is 13.2 Å². The molecule has 0 bridgehead atoms. The van der Waals surface area contributed by atoms with E-state index in [2.05, 4.69) is 20.3 Å². The van der Waals surface area contributed by atoms with Crippen LogP contribution in [0.25, 0.3) is 10.9 Å². The Hall–Kier alpha value is -2.66. The number of fused-ring (bicyclic) bond motifs is 2. The smallest absolute Gasteiger partial charge is 0.392 e. The van der Waals surface area contributed by atoms with Gasteiger partial charge >= 0.3 is 6.18 Å². The van der Waals surface area contributed by atoms with Gasteiger partial charge < -0.3 is 15.0 Å². The summed E-state index contributed by atoms with van der Waals surface area (Å²) in [5.74, 6) is 0.639. The van der Waals surface area contributed by atoms with Gasteiger partial charge in [-0.1, -0.05) is 17.4 Å². The average Bonchev–Trinajstić information content (AvgIpc) is 3.39. The topological polar surface area (TPSA) is 72.3 Å². The van der Waals surface area contributed by atoms with Gasteiger partial charge in [0.2, 0.25) is 0 Å². The number of ether oxygens (including phenoxy) is 1. The molecule has 7 nitrogen and oxygen atoms in total. The molecule has 3 heterocycles. The van der Waals surface area contributed by atoms with Crippen LogP contribution < -0.4 is 10.1 Å². The lowest BCUT2D eigenvalue weighted by molar-refractivity contribution is -0.139. The molecule has 0 saturated heterocycles. The predicted molar refractivity (Wildman–Crippen MR) is 141 cm³/mol. The third-order valence-electron chi connectivity index (χ3n) is 7.63. The summed E-state index contributed by atoms with van der Waals surface area (Å²) in [6.45, 7) is 2.50. The number of aryl methyl sites for hydroxylation is 1. The maximum atomic E-state index is 13.0. The van der Waals surface area contributed by atoms with Crippen molar-refractivity contribution in [3.8, 4) is 5.19 Å². The van der Waals surface area contributed by atoms with Gasteiger partial charge in [-0.05, 0) is 63.1 Å². The van der Waals surface area contributed by atoms with Crippen molar-refractivity contribution in [1.29, 1.82) is 0 Å². The zero-order valence-electron chi connectivity index (χ0n) is 21.6. The molecule has 1 aliphatic carbocycles. The summed E-state index contributed by atoms with van der Waals surface area (Å²) in [6.07, 6.45) is 3.75. The highest BCUT2D eigenvalue weighted by atomic mass is 32.1. The molecule has 0 unspecified atom stereocenters. The van der Waals surface area contributed by atoms with Gasteiger partial charge in [0.1, 0.15) is 0 Å². The summed E-state index contributed by atoms with van der Waals surface area (Å²) in [5.41, 5.74) is 2.48. The zero-order chi connectivity index (χ0) is 26.7. The molecule has 2 aromatic heterocycles. The summed E-state index contributed by atoms with van der Waals surface area (Å²) in [5, 5.41) is 8.88. The number of thiazole rings is 1. The van der Waals surface area contributed by atoms with Crippen molar-refractivity contribution in [3.05, 3.63) is 40.5 Å². The van der Waals surface area contributed by atoms with Gasteiger partial charge in [0.05, 0.1) is 29.8 Å². The van der Waals surface area contributed by atoms with Crippen molar-refractivity contribution >= 4 is 28.1 Å². The van der Waals surface area contributed by atoms with E-state index in [1.807, 2.05) is 31.4 Å². The van der Waals surface area contributed by atoms with Gasteiger partial charge in [-0.15, -0.1) is 0 Å². The SMILES string of the molecule is Cn1cc2c(C(=O)NC3CCC(CCN4CCc5nc(OCCC(F)(F)F)sc5CC4)CC3)cccc2n1. The molecule has 206 valence electrons. The highest BCUT2D eigenvalue weighted by molar-refractivity contribution is 7.13. The Labute approximate surface area is 224 Å². The lowest BCUT2D eigenvalue weighted by Gasteiger charge is -2.30. The number of halogens is 3. The molecule has 1 saturated carbocycles. The van der Waals surface area contributed by atoms with Crippen molar-refractivity contribution in [2.45, 2.75) is 63.6 Å². The molecule has 1 fully saturated rings. The second kappa shape index (κ2) is 11.6. The molecule has 0 spiro atoms. The van der Waals surface area contributed by atoms with E-state index in [-0.39, 0.29) is 18.6 Å². The van der Waals surface area contributed by atoms with Crippen molar-refractivity contribution in [2.24, 2.45) is 13.0 Å². The highest BCUT2D eigenvalue weighted by Gasteiger charge is 2.28. The second-order valence-corrected chi connectivity index (χ2v) is 11.5. The summed E-state index contributed by atoms with van der Waals surface area (Å²) in [4.78, 5) is 21.0. The third-order valence-corrected chi connectivity index (χ3v) is 8.70. The largest absolute Gasteiger partial charge is 0.470 e. The van der Waals surface area contributed by atoms with Crippen LogP contribution in [0.2, 0.25) is 0 Å². The number of hydrogen-bond acceptors (Lipinski definition) is 6. The number of benzene rings is 1.